The quantitative estimate of drug-likeness (QED) is 0.363. The standard InChI is InChI=1S/C30H36FN3O4S/c1-6-23(4)32-30(36)24(5)33(19-25-11-7-21(2)8-12-25)29(35)20-34(27-15-13-26(31)14-16-27)39(37,38)28-17-9-22(3)10-18-28/h7-18,23-24H,6,19-20H2,1-5H3,(H,32,36)/t23-,24-/m1/s1. The molecule has 0 radical (unpaired) electrons. The van der Waals surface area contributed by atoms with Crippen molar-refractivity contribution >= 4 is 27.5 Å². The Labute approximate surface area is 230 Å². The molecule has 2 amide bonds. The number of nitrogens with one attached hydrogen (secondary N) is 1. The molecule has 0 aliphatic rings. The van der Waals surface area contributed by atoms with Gasteiger partial charge in [-0.25, -0.2) is 12.8 Å². The molecule has 0 heterocycles. The molecule has 3 aromatic rings. The van der Waals surface area contributed by atoms with Crippen LogP contribution in [0.5, 0.6) is 0 Å². The number of hydrogen-bond acceptors (Lipinski definition) is 4. The molecule has 0 unspecified atom stereocenters. The lowest BCUT2D eigenvalue weighted by molar-refractivity contribution is -0.139. The second-order valence-electron chi connectivity index (χ2n) is 9.80. The summed E-state index contributed by atoms with van der Waals surface area (Å²) in [4.78, 5) is 28.3. The van der Waals surface area contributed by atoms with Crippen molar-refractivity contribution in [2.75, 3.05) is 10.8 Å². The minimum Gasteiger partial charge on any atom is -0.352 e. The maximum atomic E-state index is 13.9. The third kappa shape index (κ3) is 7.66. The monoisotopic (exact) mass is 553 g/mol. The highest BCUT2D eigenvalue weighted by molar-refractivity contribution is 7.92. The van der Waals surface area contributed by atoms with Crippen molar-refractivity contribution < 1.29 is 22.4 Å². The van der Waals surface area contributed by atoms with E-state index in [-0.39, 0.29) is 29.1 Å². The number of carbonyl (C=O) groups excluding carboxylic acids is 2. The Kier molecular flexibility index (Phi) is 9.86. The van der Waals surface area contributed by atoms with Crippen molar-refractivity contribution in [3.05, 3.63) is 95.3 Å². The van der Waals surface area contributed by atoms with Crippen LogP contribution in [0.25, 0.3) is 0 Å². The van der Waals surface area contributed by atoms with Crippen LogP contribution in [-0.4, -0.2) is 43.8 Å². The van der Waals surface area contributed by atoms with Gasteiger partial charge in [-0.05, 0) is 76.1 Å². The summed E-state index contributed by atoms with van der Waals surface area (Å²) >= 11 is 0. The Morgan fingerprint density at radius 3 is 1.95 bits per heavy atom. The normalized spacial score (nSPS) is 12.9. The molecule has 9 heteroatoms. The van der Waals surface area contributed by atoms with Gasteiger partial charge in [-0.3, -0.25) is 13.9 Å². The number of hydrogen-bond donors (Lipinski definition) is 1. The highest BCUT2D eigenvalue weighted by atomic mass is 32.2. The highest BCUT2D eigenvalue weighted by Crippen LogP contribution is 2.25. The van der Waals surface area contributed by atoms with Crippen molar-refractivity contribution in [3.8, 4) is 0 Å². The number of sulfonamides is 1. The summed E-state index contributed by atoms with van der Waals surface area (Å²) in [5, 5.41) is 2.91. The van der Waals surface area contributed by atoms with Crippen LogP contribution in [0, 0.1) is 19.7 Å². The number of carbonyl (C=O) groups is 2. The van der Waals surface area contributed by atoms with Crippen LogP contribution in [0.4, 0.5) is 10.1 Å². The van der Waals surface area contributed by atoms with E-state index >= 15 is 0 Å². The van der Waals surface area contributed by atoms with Crippen molar-refractivity contribution in [2.45, 2.75) is 64.6 Å². The van der Waals surface area contributed by atoms with Crippen LogP contribution < -0.4 is 9.62 Å². The van der Waals surface area contributed by atoms with Gasteiger partial charge in [0.2, 0.25) is 11.8 Å². The van der Waals surface area contributed by atoms with Crippen LogP contribution in [0.15, 0.2) is 77.7 Å². The Balaban J connectivity index is 2.01. The van der Waals surface area contributed by atoms with Crippen LogP contribution in [0.2, 0.25) is 0 Å². The van der Waals surface area contributed by atoms with Crippen molar-refractivity contribution in [2.24, 2.45) is 0 Å². The van der Waals surface area contributed by atoms with Gasteiger partial charge in [-0.2, -0.15) is 0 Å². The Morgan fingerprint density at radius 2 is 1.41 bits per heavy atom. The lowest BCUT2D eigenvalue weighted by Gasteiger charge is -2.32. The molecule has 0 aliphatic heterocycles. The van der Waals surface area contributed by atoms with Crippen molar-refractivity contribution in [3.63, 3.8) is 0 Å². The van der Waals surface area contributed by atoms with Gasteiger partial charge in [0.1, 0.15) is 18.4 Å². The molecule has 0 bridgehead atoms. The number of amides is 2. The van der Waals surface area contributed by atoms with Gasteiger partial charge < -0.3 is 10.2 Å². The first-order valence-corrected chi connectivity index (χ1v) is 14.4. The van der Waals surface area contributed by atoms with E-state index in [1.54, 1.807) is 19.1 Å². The molecule has 39 heavy (non-hydrogen) atoms. The van der Waals surface area contributed by atoms with E-state index in [0.29, 0.717) is 0 Å². The fraction of sp³-hybridized carbons (Fsp3) is 0.333. The Hall–Kier alpha value is -3.72. The number of benzene rings is 3. The maximum absolute atomic E-state index is 13.9. The van der Waals surface area contributed by atoms with E-state index in [4.69, 9.17) is 0 Å². The molecule has 3 aromatic carbocycles. The van der Waals surface area contributed by atoms with E-state index in [2.05, 4.69) is 5.32 Å². The third-order valence-corrected chi connectivity index (χ3v) is 8.43. The predicted molar refractivity (Wildman–Crippen MR) is 151 cm³/mol. The predicted octanol–water partition coefficient (Wildman–Crippen LogP) is 4.97. The number of anilines is 1. The molecule has 0 saturated heterocycles. The molecule has 1 N–H and O–H groups in total. The lowest BCUT2D eigenvalue weighted by Crippen LogP contribution is -2.52. The molecule has 0 aliphatic carbocycles. The molecule has 0 aromatic heterocycles. The number of aryl methyl sites for hydroxylation is 2. The summed E-state index contributed by atoms with van der Waals surface area (Å²) in [7, 11) is -4.20. The van der Waals surface area contributed by atoms with Gasteiger partial charge in [0.15, 0.2) is 0 Å². The first-order valence-electron chi connectivity index (χ1n) is 12.9. The van der Waals surface area contributed by atoms with E-state index in [1.165, 1.54) is 29.2 Å². The largest absolute Gasteiger partial charge is 0.352 e. The van der Waals surface area contributed by atoms with Crippen LogP contribution in [0.1, 0.15) is 43.9 Å². The fourth-order valence-electron chi connectivity index (χ4n) is 3.91. The SMILES string of the molecule is CC[C@@H](C)NC(=O)[C@@H](C)N(Cc1ccc(C)cc1)C(=O)CN(c1ccc(F)cc1)S(=O)(=O)c1ccc(C)cc1. The van der Waals surface area contributed by atoms with E-state index in [1.807, 2.05) is 52.0 Å². The van der Waals surface area contributed by atoms with Crippen LogP contribution >= 0.6 is 0 Å². The first kappa shape index (κ1) is 29.8. The molecule has 0 fully saturated rings. The second-order valence-corrected chi connectivity index (χ2v) is 11.7. The number of halogens is 1. The van der Waals surface area contributed by atoms with Crippen LogP contribution in [0.3, 0.4) is 0 Å². The number of nitrogens with zero attached hydrogens (tertiary/aromatic N) is 2. The second kappa shape index (κ2) is 12.9. The zero-order valence-corrected chi connectivity index (χ0v) is 23.8. The zero-order valence-electron chi connectivity index (χ0n) is 23.0. The van der Waals surface area contributed by atoms with Gasteiger partial charge in [0, 0.05) is 12.6 Å². The topological polar surface area (TPSA) is 86.8 Å². The summed E-state index contributed by atoms with van der Waals surface area (Å²) in [6.45, 7) is 8.77. The average molecular weight is 554 g/mol. The highest BCUT2D eigenvalue weighted by Gasteiger charge is 2.32. The number of rotatable bonds is 11. The van der Waals surface area contributed by atoms with Gasteiger partial charge in [0.25, 0.3) is 10.0 Å². The van der Waals surface area contributed by atoms with Gasteiger partial charge in [-0.15, -0.1) is 0 Å². The average Bonchev–Trinajstić information content (AvgIpc) is 2.91. The molecule has 3 rings (SSSR count). The minimum atomic E-state index is -4.20. The first-order chi connectivity index (χ1) is 18.4. The van der Waals surface area contributed by atoms with Crippen LogP contribution in [-0.2, 0) is 26.2 Å². The molecule has 208 valence electrons. The molecular formula is C30H36FN3O4S. The molecule has 2 atom stereocenters. The summed E-state index contributed by atoms with van der Waals surface area (Å²) < 4.78 is 42.2. The molecule has 0 saturated carbocycles. The Bertz CT molecular complexity index is 1380. The minimum absolute atomic E-state index is 0.00197. The fourth-order valence-corrected chi connectivity index (χ4v) is 5.33. The Morgan fingerprint density at radius 1 is 0.872 bits per heavy atom. The molecule has 7 nitrogen and oxygen atoms in total. The maximum Gasteiger partial charge on any atom is 0.264 e. The molecule has 0 spiro atoms. The van der Waals surface area contributed by atoms with E-state index in [9.17, 15) is 22.4 Å². The molecular weight excluding hydrogens is 517 g/mol. The zero-order chi connectivity index (χ0) is 28.7. The van der Waals surface area contributed by atoms with Crippen molar-refractivity contribution in [1.82, 2.24) is 10.2 Å². The van der Waals surface area contributed by atoms with Gasteiger partial charge >= 0.3 is 0 Å². The third-order valence-electron chi connectivity index (χ3n) is 6.64. The summed E-state index contributed by atoms with van der Waals surface area (Å²) in [6.07, 6.45) is 0.720. The van der Waals surface area contributed by atoms with Gasteiger partial charge in [0.05, 0.1) is 10.6 Å². The summed E-state index contributed by atoms with van der Waals surface area (Å²) in [5.41, 5.74) is 2.86. The smallest absolute Gasteiger partial charge is 0.264 e. The lowest BCUT2D eigenvalue weighted by atomic mass is 10.1. The summed E-state index contributed by atoms with van der Waals surface area (Å²) in [5.74, 6) is -1.43. The van der Waals surface area contributed by atoms with E-state index < -0.39 is 34.3 Å². The summed E-state index contributed by atoms with van der Waals surface area (Å²) in [6, 6.07) is 17.8. The van der Waals surface area contributed by atoms with E-state index in [0.717, 1.165) is 39.5 Å². The van der Waals surface area contributed by atoms with Gasteiger partial charge in [-0.1, -0.05) is 54.4 Å². The van der Waals surface area contributed by atoms with Crippen molar-refractivity contribution in [1.29, 1.82) is 0 Å².